The molecule has 0 atom stereocenters. The Hall–Kier alpha value is -2.54. The average Bonchev–Trinajstić information content (AvgIpc) is 2.59. The zero-order chi connectivity index (χ0) is 18.3. The summed E-state index contributed by atoms with van der Waals surface area (Å²) >= 11 is 0. The molecule has 4 nitrogen and oxygen atoms in total. The first-order valence-electron chi connectivity index (χ1n) is 7.69. The van der Waals surface area contributed by atoms with Gasteiger partial charge in [-0.05, 0) is 48.9 Å². The monoisotopic (exact) mass is 352 g/mol. The molecule has 0 heterocycles. The zero-order valence-electron chi connectivity index (χ0n) is 13.7. The third-order valence-corrected chi connectivity index (χ3v) is 3.51. The van der Waals surface area contributed by atoms with Gasteiger partial charge in [-0.3, -0.25) is 4.79 Å². The van der Waals surface area contributed by atoms with E-state index in [1.54, 1.807) is 7.11 Å². The minimum atomic E-state index is -4.43. The molecule has 7 heteroatoms. The fraction of sp³-hybridized carbons (Fsp3) is 0.278. The van der Waals surface area contributed by atoms with Crippen LogP contribution in [-0.4, -0.2) is 26.1 Å². The Labute approximate surface area is 144 Å². The number of nitrogens with one attached hydrogen (secondary N) is 2. The van der Waals surface area contributed by atoms with Crippen molar-refractivity contribution >= 4 is 11.6 Å². The molecule has 134 valence electrons. The second-order valence-corrected chi connectivity index (χ2v) is 5.40. The van der Waals surface area contributed by atoms with Gasteiger partial charge in [-0.1, -0.05) is 18.2 Å². The first kappa shape index (κ1) is 18.8. The maximum atomic E-state index is 12.6. The van der Waals surface area contributed by atoms with E-state index in [4.69, 9.17) is 4.74 Å². The van der Waals surface area contributed by atoms with Crippen LogP contribution in [0.3, 0.4) is 0 Å². The van der Waals surface area contributed by atoms with Crippen molar-refractivity contribution < 1.29 is 22.7 Å². The van der Waals surface area contributed by atoms with Crippen LogP contribution in [0.15, 0.2) is 48.5 Å². The minimum Gasteiger partial charge on any atom is -0.497 e. The standard InChI is InChI=1S/C18H19F3N2O2/c1-25-16-7-5-13(6-8-16)9-10-22-12-17(24)23-15-4-2-3-14(11-15)18(19,20)21/h2-8,11,22H,9-10,12H2,1H3,(H,23,24). The number of amides is 1. The molecular formula is C18H19F3N2O2. The quantitative estimate of drug-likeness (QED) is 0.750. The lowest BCUT2D eigenvalue weighted by atomic mass is 10.1. The molecule has 0 saturated heterocycles. The van der Waals surface area contributed by atoms with Crippen LogP contribution in [0.1, 0.15) is 11.1 Å². The van der Waals surface area contributed by atoms with Crippen molar-refractivity contribution in [2.75, 3.05) is 25.5 Å². The molecule has 0 aliphatic rings. The van der Waals surface area contributed by atoms with Gasteiger partial charge in [-0.15, -0.1) is 0 Å². The van der Waals surface area contributed by atoms with E-state index in [1.165, 1.54) is 12.1 Å². The molecule has 2 rings (SSSR count). The Bertz CT molecular complexity index is 700. The molecular weight excluding hydrogens is 333 g/mol. The number of anilines is 1. The first-order chi connectivity index (χ1) is 11.9. The number of methoxy groups -OCH3 is 1. The highest BCUT2D eigenvalue weighted by atomic mass is 19.4. The third kappa shape index (κ3) is 6.11. The predicted octanol–water partition coefficient (Wildman–Crippen LogP) is 3.48. The Morgan fingerprint density at radius 1 is 1.12 bits per heavy atom. The van der Waals surface area contributed by atoms with Crippen molar-refractivity contribution in [3.63, 3.8) is 0 Å². The summed E-state index contributed by atoms with van der Waals surface area (Å²) in [5, 5.41) is 5.41. The highest BCUT2D eigenvalue weighted by Crippen LogP contribution is 2.30. The number of hydrogen-bond acceptors (Lipinski definition) is 3. The molecule has 0 aromatic heterocycles. The Balaban J connectivity index is 1.75. The summed E-state index contributed by atoms with van der Waals surface area (Å²) in [6, 6.07) is 12.1. The number of carbonyl (C=O) groups excluding carboxylic acids is 1. The summed E-state index contributed by atoms with van der Waals surface area (Å²) in [5.74, 6) is 0.381. The van der Waals surface area contributed by atoms with E-state index >= 15 is 0 Å². The molecule has 0 fully saturated rings. The van der Waals surface area contributed by atoms with Gasteiger partial charge in [0.1, 0.15) is 5.75 Å². The van der Waals surface area contributed by atoms with Crippen molar-refractivity contribution in [2.24, 2.45) is 0 Å². The summed E-state index contributed by atoms with van der Waals surface area (Å²) in [6.07, 6.45) is -3.71. The lowest BCUT2D eigenvalue weighted by Crippen LogP contribution is -2.29. The molecule has 1 amide bonds. The van der Waals surface area contributed by atoms with Gasteiger partial charge >= 0.3 is 6.18 Å². The second-order valence-electron chi connectivity index (χ2n) is 5.40. The van der Waals surface area contributed by atoms with E-state index < -0.39 is 17.6 Å². The number of halogens is 3. The number of alkyl halides is 3. The predicted molar refractivity (Wildman–Crippen MR) is 89.6 cm³/mol. The first-order valence-corrected chi connectivity index (χ1v) is 7.69. The smallest absolute Gasteiger partial charge is 0.416 e. The van der Waals surface area contributed by atoms with Crippen LogP contribution >= 0.6 is 0 Å². The van der Waals surface area contributed by atoms with Gasteiger partial charge in [0.2, 0.25) is 5.91 Å². The van der Waals surface area contributed by atoms with Crippen molar-refractivity contribution in [1.82, 2.24) is 5.32 Å². The van der Waals surface area contributed by atoms with Crippen LogP contribution < -0.4 is 15.4 Å². The number of ether oxygens (including phenoxy) is 1. The van der Waals surface area contributed by atoms with E-state index in [0.29, 0.717) is 6.54 Å². The van der Waals surface area contributed by atoms with Crippen LogP contribution in [0.5, 0.6) is 5.75 Å². The zero-order valence-corrected chi connectivity index (χ0v) is 13.7. The third-order valence-electron chi connectivity index (χ3n) is 3.51. The maximum absolute atomic E-state index is 12.6. The molecule has 0 spiro atoms. The normalized spacial score (nSPS) is 11.2. The summed E-state index contributed by atoms with van der Waals surface area (Å²) in [4.78, 5) is 11.8. The van der Waals surface area contributed by atoms with Crippen LogP contribution in [0, 0.1) is 0 Å². The van der Waals surface area contributed by atoms with Gasteiger partial charge in [0.15, 0.2) is 0 Å². The van der Waals surface area contributed by atoms with Gasteiger partial charge < -0.3 is 15.4 Å². The molecule has 0 bridgehead atoms. The van der Waals surface area contributed by atoms with E-state index in [0.717, 1.165) is 29.9 Å². The molecule has 0 aliphatic heterocycles. The molecule has 0 radical (unpaired) electrons. The molecule has 0 saturated carbocycles. The summed E-state index contributed by atoms with van der Waals surface area (Å²) in [6.45, 7) is 0.592. The van der Waals surface area contributed by atoms with Gasteiger partial charge in [-0.2, -0.15) is 13.2 Å². The van der Waals surface area contributed by atoms with E-state index in [9.17, 15) is 18.0 Å². The molecule has 25 heavy (non-hydrogen) atoms. The van der Waals surface area contributed by atoms with Gasteiger partial charge in [0.05, 0.1) is 19.2 Å². The highest BCUT2D eigenvalue weighted by molar-refractivity contribution is 5.92. The maximum Gasteiger partial charge on any atom is 0.416 e. The molecule has 2 aromatic rings. The van der Waals surface area contributed by atoms with Crippen LogP contribution in [0.25, 0.3) is 0 Å². The average molecular weight is 352 g/mol. The van der Waals surface area contributed by atoms with Crippen LogP contribution in [-0.2, 0) is 17.4 Å². The Kier molecular flexibility index (Phi) is 6.41. The molecule has 0 unspecified atom stereocenters. The lowest BCUT2D eigenvalue weighted by molar-refractivity contribution is -0.137. The highest BCUT2D eigenvalue weighted by Gasteiger charge is 2.30. The Morgan fingerprint density at radius 3 is 2.48 bits per heavy atom. The summed E-state index contributed by atoms with van der Waals surface area (Å²) in [5.41, 5.74) is 0.418. The lowest BCUT2D eigenvalue weighted by Gasteiger charge is -2.10. The van der Waals surface area contributed by atoms with E-state index in [-0.39, 0.29) is 12.2 Å². The number of benzene rings is 2. The summed E-state index contributed by atoms with van der Waals surface area (Å²) in [7, 11) is 1.60. The van der Waals surface area contributed by atoms with Gasteiger partial charge in [0, 0.05) is 5.69 Å². The van der Waals surface area contributed by atoms with Crippen LogP contribution in [0.2, 0.25) is 0 Å². The minimum absolute atomic E-state index is 0.0202. The Morgan fingerprint density at radius 2 is 1.84 bits per heavy atom. The molecule has 2 N–H and O–H groups in total. The SMILES string of the molecule is COc1ccc(CCNCC(=O)Nc2cccc(C(F)(F)F)c2)cc1. The van der Waals surface area contributed by atoms with Crippen molar-refractivity contribution in [3.8, 4) is 5.75 Å². The van der Waals surface area contributed by atoms with Crippen molar-refractivity contribution in [1.29, 1.82) is 0 Å². The second kappa shape index (κ2) is 8.53. The number of rotatable bonds is 7. The largest absolute Gasteiger partial charge is 0.497 e. The molecule has 2 aromatic carbocycles. The van der Waals surface area contributed by atoms with E-state index in [2.05, 4.69) is 10.6 Å². The fourth-order valence-corrected chi connectivity index (χ4v) is 2.21. The van der Waals surface area contributed by atoms with E-state index in [1.807, 2.05) is 24.3 Å². The fourth-order valence-electron chi connectivity index (χ4n) is 2.21. The number of hydrogen-bond donors (Lipinski definition) is 2. The van der Waals surface area contributed by atoms with Crippen molar-refractivity contribution in [2.45, 2.75) is 12.6 Å². The van der Waals surface area contributed by atoms with Crippen molar-refractivity contribution in [3.05, 3.63) is 59.7 Å². The van der Waals surface area contributed by atoms with Gasteiger partial charge in [-0.25, -0.2) is 0 Å². The molecule has 0 aliphatic carbocycles. The van der Waals surface area contributed by atoms with Crippen LogP contribution in [0.4, 0.5) is 18.9 Å². The topological polar surface area (TPSA) is 50.4 Å². The van der Waals surface area contributed by atoms with Gasteiger partial charge in [0.25, 0.3) is 0 Å². The summed E-state index contributed by atoms with van der Waals surface area (Å²) < 4.78 is 43.0. The number of carbonyl (C=O) groups is 1.